The van der Waals surface area contributed by atoms with Gasteiger partial charge in [-0.05, 0) is 19.8 Å². The van der Waals surface area contributed by atoms with Crippen LogP contribution in [0.1, 0.15) is 32.6 Å². The van der Waals surface area contributed by atoms with Crippen molar-refractivity contribution < 1.29 is 19.8 Å². The Morgan fingerprint density at radius 1 is 1.54 bits per heavy atom. The van der Waals surface area contributed by atoms with Crippen LogP contribution in [-0.2, 0) is 9.59 Å². The van der Waals surface area contributed by atoms with Crippen molar-refractivity contribution in [2.75, 3.05) is 0 Å². The van der Waals surface area contributed by atoms with Crippen molar-refractivity contribution in [1.29, 1.82) is 0 Å². The van der Waals surface area contributed by atoms with E-state index in [1.807, 2.05) is 0 Å². The summed E-state index contributed by atoms with van der Waals surface area (Å²) in [6, 6.07) is 0. The van der Waals surface area contributed by atoms with Crippen LogP contribution >= 0.6 is 0 Å². The molecule has 0 spiro atoms. The number of carbonyl (C=O) groups is 2. The summed E-state index contributed by atoms with van der Waals surface area (Å²) in [5, 5.41) is 18.0. The fourth-order valence-corrected chi connectivity index (χ4v) is 1.76. The lowest BCUT2D eigenvalue weighted by atomic mass is 9.71. The van der Waals surface area contributed by atoms with Gasteiger partial charge in [-0.15, -0.1) is 0 Å². The third kappa shape index (κ3) is 1.72. The van der Waals surface area contributed by atoms with E-state index >= 15 is 0 Å². The van der Waals surface area contributed by atoms with Crippen LogP contribution in [0.4, 0.5) is 0 Å². The number of carbonyl (C=O) groups excluding carboxylic acids is 1. The first kappa shape index (κ1) is 10.2. The molecule has 0 saturated heterocycles. The summed E-state index contributed by atoms with van der Waals surface area (Å²) < 4.78 is 0. The molecule has 0 unspecified atom stereocenters. The molecule has 0 amide bonds. The maximum atomic E-state index is 11.4. The molecule has 2 atom stereocenters. The summed E-state index contributed by atoms with van der Waals surface area (Å²) in [4.78, 5) is 22.0. The van der Waals surface area contributed by atoms with Gasteiger partial charge in [0.25, 0.3) is 0 Å². The van der Waals surface area contributed by atoms with Crippen molar-refractivity contribution in [1.82, 2.24) is 0 Å². The number of aliphatic hydroxyl groups excluding tert-OH is 1. The molecule has 1 aliphatic rings. The average molecular weight is 186 g/mol. The van der Waals surface area contributed by atoms with Gasteiger partial charge in [0.15, 0.2) is 6.10 Å². The predicted octanol–water partition coefficient (Wildman–Crippen LogP) is 0.581. The molecular formula is C9H14O4. The largest absolute Gasteiger partial charge is 0.479 e. The molecular weight excluding hydrogens is 172 g/mol. The fourth-order valence-electron chi connectivity index (χ4n) is 1.76. The van der Waals surface area contributed by atoms with E-state index in [1.54, 1.807) is 0 Å². The van der Waals surface area contributed by atoms with Gasteiger partial charge in [-0.25, -0.2) is 4.79 Å². The number of hydrogen-bond donors (Lipinski definition) is 2. The zero-order valence-electron chi connectivity index (χ0n) is 7.62. The Morgan fingerprint density at radius 3 is 2.62 bits per heavy atom. The maximum Gasteiger partial charge on any atom is 0.333 e. The molecule has 2 N–H and O–H groups in total. The lowest BCUT2D eigenvalue weighted by Gasteiger charge is -2.33. The lowest BCUT2D eigenvalue weighted by molar-refractivity contribution is -0.161. The topological polar surface area (TPSA) is 74.6 Å². The van der Waals surface area contributed by atoms with E-state index in [9.17, 15) is 14.7 Å². The predicted molar refractivity (Wildman–Crippen MR) is 45.2 cm³/mol. The molecule has 4 heteroatoms. The first-order chi connectivity index (χ1) is 5.98. The first-order valence-electron chi connectivity index (χ1n) is 4.42. The smallest absolute Gasteiger partial charge is 0.333 e. The van der Waals surface area contributed by atoms with Crippen molar-refractivity contribution in [3.05, 3.63) is 0 Å². The number of aliphatic hydroxyl groups is 1. The molecule has 0 radical (unpaired) electrons. The van der Waals surface area contributed by atoms with Gasteiger partial charge in [0.1, 0.15) is 5.78 Å². The van der Waals surface area contributed by atoms with Gasteiger partial charge in [0.05, 0.1) is 5.41 Å². The van der Waals surface area contributed by atoms with Gasteiger partial charge in [0, 0.05) is 6.42 Å². The quantitative estimate of drug-likeness (QED) is 0.661. The summed E-state index contributed by atoms with van der Waals surface area (Å²) in [6.45, 7) is 1.54. The van der Waals surface area contributed by atoms with Crippen molar-refractivity contribution in [3.63, 3.8) is 0 Å². The second-order valence-electron chi connectivity index (χ2n) is 3.79. The van der Waals surface area contributed by atoms with E-state index in [2.05, 4.69) is 0 Å². The Morgan fingerprint density at radius 2 is 2.15 bits per heavy atom. The number of carboxylic acid groups (broad SMARTS) is 1. The van der Waals surface area contributed by atoms with E-state index in [0.717, 1.165) is 12.8 Å². The molecule has 74 valence electrons. The van der Waals surface area contributed by atoms with Crippen LogP contribution < -0.4 is 0 Å². The summed E-state index contributed by atoms with van der Waals surface area (Å²) >= 11 is 0. The minimum Gasteiger partial charge on any atom is -0.479 e. The van der Waals surface area contributed by atoms with Crippen molar-refractivity contribution in [2.45, 2.75) is 38.7 Å². The van der Waals surface area contributed by atoms with Gasteiger partial charge in [-0.2, -0.15) is 0 Å². The molecule has 1 rings (SSSR count). The van der Waals surface area contributed by atoms with Crippen molar-refractivity contribution >= 4 is 11.8 Å². The number of aliphatic carboxylic acids is 1. The molecule has 0 aromatic heterocycles. The fraction of sp³-hybridized carbons (Fsp3) is 0.778. The molecule has 1 fully saturated rings. The van der Waals surface area contributed by atoms with Crippen LogP contribution in [0, 0.1) is 5.41 Å². The van der Waals surface area contributed by atoms with Crippen molar-refractivity contribution in [2.24, 2.45) is 5.41 Å². The highest BCUT2D eigenvalue weighted by atomic mass is 16.4. The van der Waals surface area contributed by atoms with Crippen LogP contribution in [0.2, 0.25) is 0 Å². The summed E-state index contributed by atoms with van der Waals surface area (Å²) in [7, 11) is 0. The Kier molecular flexibility index (Phi) is 2.71. The highest BCUT2D eigenvalue weighted by Gasteiger charge is 2.44. The molecule has 0 heterocycles. The Balaban J connectivity index is 2.83. The molecule has 4 nitrogen and oxygen atoms in total. The number of Topliss-reactive ketones (excluding diaryl/α,β-unsaturated/α-hetero) is 1. The monoisotopic (exact) mass is 186 g/mol. The number of carboxylic acids is 1. The highest BCUT2D eigenvalue weighted by molar-refractivity contribution is 5.91. The molecule has 0 aromatic carbocycles. The van der Waals surface area contributed by atoms with E-state index < -0.39 is 17.5 Å². The Bertz CT molecular complexity index is 236. The van der Waals surface area contributed by atoms with Crippen LogP contribution in [0.15, 0.2) is 0 Å². The third-order valence-electron chi connectivity index (χ3n) is 2.82. The maximum absolute atomic E-state index is 11.4. The molecule has 1 saturated carbocycles. The average Bonchev–Trinajstić information content (AvgIpc) is 2.09. The normalized spacial score (nSPS) is 31.4. The molecule has 0 aliphatic heterocycles. The van der Waals surface area contributed by atoms with Crippen LogP contribution in [0.3, 0.4) is 0 Å². The zero-order chi connectivity index (χ0) is 10.1. The second kappa shape index (κ2) is 3.46. The summed E-state index contributed by atoms with van der Waals surface area (Å²) in [6.07, 6.45) is 0.924. The van der Waals surface area contributed by atoms with Gasteiger partial charge in [-0.1, -0.05) is 6.42 Å². The van der Waals surface area contributed by atoms with Gasteiger partial charge in [-0.3, -0.25) is 4.79 Å². The lowest BCUT2D eigenvalue weighted by Crippen LogP contribution is -2.46. The van der Waals surface area contributed by atoms with Crippen LogP contribution in [0.5, 0.6) is 0 Å². The minimum atomic E-state index is -1.56. The Labute approximate surface area is 76.6 Å². The first-order valence-corrected chi connectivity index (χ1v) is 4.42. The van der Waals surface area contributed by atoms with Gasteiger partial charge >= 0.3 is 5.97 Å². The molecule has 0 bridgehead atoms. The van der Waals surface area contributed by atoms with Crippen molar-refractivity contribution in [3.8, 4) is 0 Å². The standard InChI is InChI=1S/C9H14O4/c1-9(7(11)8(12)13)5-3-2-4-6(9)10/h7,11H,2-5H2,1H3,(H,12,13)/t7-,9+/m1/s1. The number of rotatable bonds is 2. The third-order valence-corrected chi connectivity index (χ3v) is 2.82. The summed E-state index contributed by atoms with van der Waals surface area (Å²) in [5.41, 5.74) is -1.07. The molecule has 13 heavy (non-hydrogen) atoms. The van der Waals surface area contributed by atoms with Crippen LogP contribution in [0.25, 0.3) is 0 Å². The van der Waals surface area contributed by atoms with E-state index in [-0.39, 0.29) is 5.78 Å². The SMILES string of the molecule is C[C@]1([C@H](O)C(=O)O)CCCCC1=O. The van der Waals surface area contributed by atoms with E-state index in [1.165, 1.54) is 6.92 Å². The van der Waals surface area contributed by atoms with Gasteiger partial charge in [0.2, 0.25) is 0 Å². The highest BCUT2D eigenvalue weighted by Crippen LogP contribution is 2.35. The second-order valence-corrected chi connectivity index (χ2v) is 3.79. The van der Waals surface area contributed by atoms with E-state index in [0.29, 0.717) is 12.8 Å². The van der Waals surface area contributed by atoms with Crippen LogP contribution in [-0.4, -0.2) is 28.1 Å². The van der Waals surface area contributed by atoms with E-state index in [4.69, 9.17) is 5.11 Å². The molecule has 0 aromatic rings. The molecule has 1 aliphatic carbocycles. The zero-order valence-corrected chi connectivity index (χ0v) is 7.62. The number of ketones is 1. The summed E-state index contributed by atoms with van der Waals surface area (Å²) in [5.74, 6) is -1.44. The number of hydrogen-bond acceptors (Lipinski definition) is 3. The minimum absolute atomic E-state index is 0.131. The van der Waals surface area contributed by atoms with Gasteiger partial charge < -0.3 is 10.2 Å². The Hall–Kier alpha value is -0.900.